The lowest BCUT2D eigenvalue weighted by Crippen LogP contribution is -2.43. The zero-order valence-electron chi connectivity index (χ0n) is 12.0. The van der Waals surface area contributed by atoms with Gasteiger partial charge in [0, 0.05) is 19.8 Å². The van der Waals surface area contributed by atoms with E-state index in [4.69, 9.17) is 9.47 Å². The molecule has 0 radical (unpaired) electrons. The molecular weight excluding hydrogens is 268 g/mol. The van der Waals surface area contributed by atoms with E-state index in [0.29, 0.717) is 5.56 Å². The van der Waals surface area contributed by atoms with Crippen LogP contribution in [-0.2, 0) is 9.47 Å². The second-order valence-electron chi connectivity index (χ2n) is 4.68. The van der Waals surface area contributed by atoms with Gasteiger partial charge in [-0.3, -0.25) is 4.79 Å². The van der Waals surface area contributed by atoms with E-state index >= 15 is 0 Å². The first-order valence-electron chi connectivity index (χ1n) is 6.58. The summed E-state index contributed by atoms with van der Waals surface area (Å²) in [6.07, 6.45) is 7.46. The predicted octanol–water partition coefficient (Wildman–Crippen LogP) is 2.27. The Labute approximate surface area is 124 Å². The highest BCUT2D eigenvalue weighted by atomic mass is 16.6. The van der Waals surface area contributed by atoms with Gasteiger partial charge in [0.1, 0.15) is 6.10 Å². The molecule has 0 bridgehead atoms. The van der Waals surface area contributed by atoms with E-state index in [1.807, 2.05) is 18.2 Å². The van der Waals surface area contributed by atoms with Crippen LogP contribution in [0.4, 0.5) is 0 Å². The van der Waals surface area contributed by atoms with Gasteiger partial charge >= 0.3 is 0 Å². The zero-order valence-corrected chi connectivity index (χ0v) is 12.0. The number of ketones is 1. The number of methoxy groups -OCH3 is 2. The zero-order chi connectivity index (χ0) is 15.3. The van der Waals surface area contributed by atoms with Crippen molar-refractivity contribution < 1.29 is 19.4 Å². The van der Waals surface area contributed by atoms with Gasteiger partial charge in [-0.05, 0) is 23.8 Å². The van der Waals surface area contributed by atoms with Gasteiger partial charge in [-0.15, -0.1) is 0 Å². The van der Waals surface area contributed by atoms with Crippen LogP contribution in [0, 0.1) is 0 Å². The van der Waals surface area contributed by atoms with E-state index < -0.39 is 11.9 Å². The number of carbonyl (C=O) groups is 1. The summed E-state index contributed by atoms with van der Waals surface area (Å²) in [7, 11) is 2.89. The Balaban J connectivity index is 2.12. The number of hydrogen-bond acceptors (Lipinski definition) is 4. The Morgan fingerprint density at radius 1 is 1.29 bits per heavy atom. The second kappa shape index (κ2) is 6.63. The van der Waals surface area contributed by atoms with Crippen LogP contribution in [0.3, 0.4) is 0 Å². The van der Waals surface area contributed by atoms with Gasteiger partial charge in [0.15, 0.2) is 5.78 Å². The highest BCUT2D eigenvalue weighted by molar-refractivity contribution is 6.04. The van der Waals surface area contributed by atoms with Gasteiger partial charge in [-0.25, -0.2) is 0 Å². The van der Waals surface area contributed by atoms with Gasteiger partial charge < -0.3 is 14.6 Å². The van der Waals surface area contributed by atoms with Crippen molar-refractivity contribution in [3.63, 3.8) is 0 Å². The van der Waals surface area contributed by atoms with Crippen LogP contribution >= 0.6 is 0 Å². The van der Waals surface area contributed by atoms with Crippen molar-refractivity contribution in [3.05, 3.63) is 71.8 Å². The lowest BCUT2D eigenvalue weighted by Gasteiger charge is -2.31. The first kappa shape index (κ1) is 15.4. The third kappa shape index (κ3) is 3.55. The van der Waals surface area contributed by atoms with Crippen LogP contribution < -0.4 is 0 Å². The molecule has 110 valence electrons. The Morgan fingerprint density at radius 2 is 2.00 bits per heavy atom. The molecule has 2 unspecified atom stereocenters. The lowest BCUT2D eigenvalue weighted by molar-refractivity contribution is -0.202. The second-order valence-corrected chi connectivity index (χ2v) is 4.68. The first-order chi connectivity index (χ1) is 10.1. The standard InChI is InChI=1S/C17H18O4/c1-20-16-12-13(10-11-17(16,19)21-2)8-9-15(18)14-6-4-3-5-7-14/h3-12,16,19H,1-2H3/b9-8+. The molecule has 2 rings (SSSR count). The van der Waals surface area contributed by atoms with Crippen LogP contribution in [0.15, 0.2) is 66.3 Å². The maximum atomic E-state index is 12.0. The molecule has 0 amide bonds. The topological polar surface area (TPSA) is 55.8 Å². The minimum Gasteiger partial charge on any atom is -0.371 e. The van der Waals surface area contributed by atoms with Crippen molar-refractivity contribution in [2.24, 2.45) is 0 Å². The van der Waals surface area contributed by atoms with E-state index in [9.17, 15) is 9.90 Å². The molecule has 0 aliphatic heterocycles. The fraction of sp³-hybridized carbons (Fsp3) is 0.235. The van der Waals surface area contributed by atoms with Gasteiger partial charge in [-0.1, -0.05) is 42.5 Å². The van der Waals surface area contributed by atoms with Crippen LogP contribution in [0.1, 0.15) is 10.4 Å². The van der Waals surface area contributed by atoms with Gasteiger partial charge in [-0.2, -0.15) is 0 Å². The van der Waals surface area contributed by atoms with E-state index in [-0.39, 0.29) is 5.78 Å². The maximum Gasteiger partial charge on any atom is 0.216 e. The summed E-state index contributed by atoms with van der Waals surface area (Å²) < 4.78 is 10.2. The summed E-state index contributed by atoms with van der Waals surface area (Å²) in [6, 6.07) is 9.03. The molecule has 1 N–H and O–H groups in total. The van der Waals surface area contributed by atoms with Crippen molar-refractivity contribution >= 4 is 5.78 Å². The van der Waals surface area contributed by atoms with Crippen LogP contribution in [0.2, 0.25) is 0 Å². The molecule has 0 saturated heterocycles. The van der Waals surface area contributed by atoms with Crippen molar-refractivity contribution in [3.8, 4) is 0 Å². The number of rotatable bonds is 5. The van der Waals surface area contributed by atoms with E-state index in [0.717, 1.165) is 5.57 Å². The lowest BCUT2D eigenvalue weighted by atomic mass is 9.98. The van der Waals surface area contributed by atoms with Crippen molar-refractivity contribution in [1.82, 2.24) is 0 Å². The number of hydrogen-bond donors (Lipinski definition) is 1. The monoisotopic (exact) mass is 286 g/mol. The van der Waals surface area contributed by atoms with E-state index in [1.165, 1.54) is 26.4 Å². The summed E-state index contributed by atoms with van der Waals surface area (Å²) in [5, 5.41) is 10.1. The molecule has 0 fully saturated rings. The molecule has 0 saturated carbocycles. The maximum absolute atomic E-state index is 12.0. The highest BCUT2D eigenvalue weighted by Gasteiger charge is 2.35. The van der Waals surface area contributed by atoms with E-state index in [1.54, 1.807) is 30.4 Å². The van der Waals surface area contributed by atoms with Gasteiger partial charge in [0.25, 0.3) is 0 Å². The fourth-order valence-electron chi connectivity index (χ4n) is 2.06. The summed E-state index contributed by atoms with van der Waals surface area (Å²) in [4.78, 5) is 12.0. The SMILES string of the molecule is COC1C=C(/C=C/C(=O)c2ccccc2)C=CC1(O)OC. The van der Waals surface area contributed by atoms with Gasteiger partial charge in [0.2, 0.25) is 5.79 Å². The molecular formula is C17H18O4. The average Bonchev–Trinajstić information content (AvgIpc) is 2.54. The highest BCUT2D eigenvalue weighted by Crippen LogP contribution is 2.25. The number of allylic oxidation sites excluding steroid dienone is 4. The number of ether oxygens (including phenoxy) is 2. The van der Waals surface area contributed by atoms with Gasteiger partial charge in [0.05, 0.1) is 0 Å². The summed E-state index contributed by atoms with van der Waals surface area (Å²) in [6.45, 7) is 0. The Kier molecular flexibility index (Phi) is 4.85. The molecule has 0 heterocycles. The Morgan fingerprint density at radius 3 is 2.62 bits per heavy atom. The molecule has 0 spiro atoms. The third-order valence-electron chi connectivity index (χ3n) is 3.33. The van der Waals surface area contributed by atoms with Crippen LogP contribution in [0.5, 0.6) is 0 Å². The number of aliphatic hydroxyl groups is 1. The number of carbonyl (C=O) groups excluding carboxylic acids is 1. The fourth-order valence-corrected chi connectivity index (χ4v) is 2.06. The molecule has 1 aromatic carbocycles. The molecule has 1 aliphatic rings. The molecule has 0 aromatic heterocycles. The predicted molar refractivity (Wildman–Crippen MR) is 79.9 cm³/mol. The Bertz CT molecular complexity index is 586. The van der Waals surface area contributed by atoms with E-state index in [2.05, 4.69) is 0 Å². The molecule has 21 heavy (non-hydrogen) atoms. The largest absolute Gasteiger partial charge is 0.371 e. The summed E-state index contributed by atoms with van der Waals surface area (Å²) in [5.74, 6) is -1.55. The molecule has 4 heteroatoms. The molecule has 4 nitrogen and oxygen atoms in total. The minimum atomic E-state index is -1.48. The number of benzene rings is 1. The minimum absolute atomic E-state index is 0.0774. The Hall–Kier alpha value is -2.01. The normalized spacial score (nSPS) is 25.1. The van der Waals surface area contributed by atoms with Crippen LogP contribution in [0.25, 0.3) is 0 Å². The summed E-state index contributed by atoms with van der Waals surface area (Å²) in [5.41, 5.74) is 1.40. The quantitative estimate of drug-likeness (QED) is 0.512. The third-order valence-corrected chi connectivity index (χ3v) is 3.33. The molecule has 1 aromatic rings. The van der Waals surface area contributed by atoms with Crippen molar-refractivity contribution in [1.29, 1.82) is 0 Å². The molecule has 2 atom stereocenters. The molecule has 1 aliphatic carbocycles. The smallest absolute Gasteiger partial charge is 0.216 e. The van der Waals surface area contributed by atoms with Crippen LogP contribution in [-0.4, -0.2) is 37.0 Å². The summed E-state index contributed by atoms with van der Waals surface area (Å²) >= 11 is 0. The van der Waals surface area contributed by atoms with Crippen molar-refractivity contribution in [2.45, 2.75) is 11.9 Å². The first-order valence-corrected chi connectivity index (χ1v) is 6.58. The van der Waals surface area contributed by atoms with Crippen molar-refractivity contribution in [2.75, 3.05) is 14.2 Å². The average molecular weight is 286 g/mol.